The maximum absolute atomic E-state index is 4.75. The molecule has 0 fully saturated rings. The summed E-state index contributed by atoms with van der Waals surface area (Å²) in [4.78, 5) is 8.16. The van der Waals surface area contributed by atoms with Gasteiger partial charge in [-0.2, -0.15) is 0 Å². The van der Waals surface area contributed by atoms with Gasteiger partial charge in [-0.15, -0.1) is 0 Å². The number of para-hydroxylation sites is 1. The van der Waals surface area contributed by atoms with Crippen molar-refractivity contribution >= 4 is 11.0 Å². The van der Waals surface area contributed by atoms with E-state index in [1.54, 1.807) is 0 Å². The minimum Gasteiger partial charge on any atom is -0.342 e. The lowest BCUT2D eigenvalue weighted by Gasteiger charge is -2.02. The highest BCUT2D eigenvalue weighted by Gasteiger charge is 2.09. The summed E-state index contributed by atoms with van der Waals surface area (Å²) in [6, 6.07) is 16.9. The van der Waals surface area contributed by atoms with Gasteiger partial charge in [0.15, 0.2) is 0 Å². The lowest BCUT2D eigenvalue weighted by molar-refractivity contribution is 0.799. The standard InChI is InChI=1S/C17H18N2/c1-12(2)17-18-15-10-6-9-14(16(15)19-17)11-13-7-4-3-5-8-13/h3-10,12H,11H2,1-2H3,(H,18,19). The number of rotatable bonds is 3. The van der Waals surface area contributed by atoms with Gasteiger partial charge in [0, 0.05) is 5.92 Å². The van der Waals surface area contributed by atoms with Crippen LogP contribution in [-0.2, 0) is 6.42 Å². The third-order valence-corrected chi connectivity index (χ3v) is 3.40. The van der Waals surface area contributed by atoms with Gasteiger partial charge in [0.25, 0.3) is 0 Å². The summed E-state index contributed by atoms with van der Waals surface area (Å²) in [6.45, 7) is 4.32. The second-order valence-electron chi connectivity index (χ2n) is 5.25. The zero-order valence-corrected chi connectivity index (χ0v) is 11.4. The molecule has 0 spiro atoms. The molecule has 2 aromatic carbocycles. The number of hydrogen-bond acceptors (Lipinski definition) is 1. The number of aromatic nitrogens is 2. The molecule has 3 aromatic rings. The Morgan fingerprint density at radius 1 is 1.00 bits per heavy atom. The monoisotopic (exact) mass is 250 g/mol. The summed E-state index contributed by atoms with van der Waals surface area (Å²) < 4.78 is 0. The van der Waals surface area contributed by atoms with E-state index in [0.717, 1.165) is 23.3 Å². The number of fused-ring (bicyclic) bond motifs is 1. The average molecular weight is 250 g/mol. The second kappa shape index (κ2) is 4.88. The topological polar surface area (TPSA) is 28.7 Å². The molecule has 1 aromatic heterocycles. The van der Waals surface area contributed by atoms with E-state index in [1.807, 2.05) is 0 Å². The van der Waals surface area contributed by atoms with Crippen molar-refractivity contribution < 1.29 is 0 Å². The Labute approximate surface area is 113 Å². The van der Waals surface area contributed by atoms with Crippen LogP contribution in [0.15, 0.2) is 48.5 Å². The summed E-state index contributed by atoms with van der Waals surface area (Å²) in [5, 5.41) is 0. The second-order valence-corrected chi connectivity index (χ2v) is 5.25. The van der Waals surface area contributed by atoms with E-state index in [1.165, 1.54) is 11.1 Å². The highest BCUT2D eigenvalue weighted by atomic mass is 14.9. The van der Waals surface area contributed by atoms with Crippen LogP contribution in [0.25, 0.3) is 11.0 Å². The molecule has 0 aliphatic heterocycles. The van der Waals surface area contributed by atoms with Crippen molar-refractivity contribution in [2.45, 2.75) is 26.2 Å². The van der Waals surface area contributed by atoms with E-state index in [0.29, 0.717) is 5.92 Å². The summed E-state index contributed by atoms with van der Waals surface area (Å²) >= 11 is 0. The molecule has 0 aliphatic rings. The zero-order chi connectivity index (χ0) is 13.2. The van der Waals surface area contributed by atoms with Crippen LogP contribution in [0.3, 0.4) is 0 Å². The summed E-state index contributed by atoms with van der Waals surface area (Å²) in [6.07, 6.45) is 0.931. The lowest BCUT2D eigenvalue weighted by Crippen LogP contribution is -1.90. The fraction of sp³-hybridized carbons (Fsp3) is 0.235. The lowest BCUT2D eigenvalue weighted by atomic mass is 10.0. The van der Waals surface area contributed by atoms with Crippen molar-refractivity contribution in [3.8, 4) is 0 Å². The SMILES string of the molecule is CC(C)c1nc2c(Cc3ccccc3)cccc2[nH]1. The Hall–Kier alpha value is -2.09. The maximum atomic E-state index is 4.75. The van der Waals surface area contributed by atoms with Crippen LogP contribution in [-0.4, -0.2) is 9.97 Å². The van der Waals surface area contributed by atoms with Gasteiger partial charge in [0.2, 0.25) is 0 Å². The molecule has 2 nitrogen and oxygen atoms in total. The van der Waals surface area contributed by atoms with E-state index in [9.17, 15) is 0 Å². The van der Waals surface area contributed by atoms with E-state index in [-0.39, 0.29) is 0 Å². The molecule has 0 bridgehead atoms. The molecule has 19 heavy (non-hydrogen) atoms. The van der Waals surface area contributed by atoms with Crippen LogP contribution in [0.4, 0.5) is 0 Å². The van der Waals surface area contributed by atoms with Crippen molar-refractivity contribution in [1.82, 2.24) is 9.97 Å². The molecular weight excluding hydrogens is 232 g/mol. The van der Waals surface area contributed by atoms with E-state index < -0.39 is 0 Å². The first kappa shape index (κ1) is 12.0. The molecule has 0 unspecified atom stereocenters. The number of nitrogens with one attached hydrogen (secondary N) is 1. The van der Waals surface area contributed by atoms with Gasteiger partial charge in [-0.05, 0) is 23.6 Å². The summed E-state index contributed by atoms with van der Waals surface area (Å²) in [7, 11) is 0. The molecule has 0 saturated heterocycles. The zero-order valence-electron chi connectivity index (χ0n) is 11.4. The van der Waals surface area contributed by atoms with Crippen LogP contribution in [0.2, 0.25) is 0 Å². The molecule has 1 N–H and O–H groups in total. The normalized spacial score (nSPS) is 11.3. The molecule has 0 saturated carbocycles. The van der Waals surface area contributed by atoms with Crippen molar-refractivity contribution in [2.24, 2.45) is 0 Å². The smallest absolute Gasteiger partial charge is 0.109 e. The van der Waals surface area contributed by atoms with Crippen molar-refractivity contribution in [2.75, 3.05) is 0 Å². The van der Waals surface area contributed by atoms with Gasteiger partial charge in [0.05, 0.1) is 11.0 Å². The van der Waals surface area contributed by atoms with Crippen LogP contribution in [0.1, 0.15) is 36.7 Å². The molecule has 0 amide bonds. The van der Waals surface area contributed by atoms with E-state index >= 15 is 0 Å². The van der Waals surface area contributed by atoms with Crippen LogP contribution < -0.4 is 0 Å². The maximum Gasteiger partial charge on any atom is 0.109 e. The molecule has 3 rings (SSSR count). The van der Waals surface area contributed by atoms with E-state index in [2.05, 4.69) is 67.4 Å². The highest BCUT2D eigenvalue weighted by molar-refractivity contribution is 5.79. The summed E-state index contributed by atoms with van der Waals surface area (Å²) in [5.41, 5.74) is 4.85. The van der Waals surface area contributed by atoms with E-state index in [4.69, 9.17) is 4.98 Å². The van der Waals surface area contributed by atoms with Gasteiger partial charge in [-0.25, -0.2) is 4.98 Å². The minimum atomic E-state index is 0.428. The Kier molecular flexibility index (Phi) is 3.08. The molecule has 2 heteroatoms. The van der Waals surface area contributed by atoms with Crippen molar-refractivity contribution in [3.05, 3.63) is 65.5 Å². The largest absolute Gasteiger partial charge is 0.342 e. The van der Waals surface area contributed by atoms with Crippen LogP contribution in [0, 0.1) is 0 Å². The number of benzene rings is 2. The number of H-pyrrole nitrogens is 1. The summed E-state index contributed by atoms with van der Waals surface area (Å²) in [5.74, 6) is 1.49. The number of hydrogen-bond donors (Lipinski definition) is 1. The quantitative estimate of drug-likeness (QED) is 0.738. The Morgan fingerprint density at radius 3 is 2.53 bits per heavy atom. The average Bonchev–Trinajstić information content (AvgIpc) is 2.85. The first-order valence-corrected chi connectivity index (χ1v) is 6.75. The first-order valence-electron chi connectivity index (χ1n) is 6.75. The molecule has 96 valence electrons. The predicted molar refractivity (Wildman–Crippen MR) is 79.4 cm³/mol. The van der Waals surface area contributed by atoms with Crippen LogP contribution in [0.5, 0.6) is 0 Å². The number of imidazole rings is 1. The van der Waals surface area contributed by atoms with Gasteiger partial charge in [-0.1, -0.05) is 56.3 Å². The number of aromatic amines is 1. The van der Waals surface area contributed by atoms with Gasteiger partial charge in [-0.3, -0.25) is 0 Å². The Balaban J connectivity index is 2.04. The highest BCUT2D eigenvalue weighted by Crippen LogP contribution is 2.22. The molecule has 0 atom stereocenters. The molecule has 0 aliphatic carbocycles. The van der Waals surface area contributed by atoms with Gasteiger partial charge < -0.3 is 4.98 Å². The third-order valence-electron chi connectivity index (χ3n) is 3.40. The minimum absolute atomic E-state index is 0.428. The fourth-order valence-corrected chi connectivity index (χ4v) is 2.34. The first-order chi connectivity index (χ1) is 9.24. The molecular formula is C17H18N2. The van der Waals surface area contributed by atoms with Crippen molar-refractivity contribution in [3.63, 3.8) is 0 Å². The molecule has 0 radical (unpaired) electrons. The molecule has 1 heterocycles. The fourth-order valence-electron chi connectivity index (χ4n) is 2.34. The van der Waals surface area contributed by atoms with Gasteiger partial charge in [0.1, 0.15) is 5.82 Å². The Bertz CT molecular complexity index is 681. The number of nitrogens with zero attached hydrogens (tertiary/aromatic N) is 1. The Morgan fingerprint density at radius 2 is 1.79 bits per heavy atom. The van der Waals surface area contributed by atoms with Crippen molar-refractivity contribution in [1.29, 1.82) is 0 Å². The predicted octanol–water partition coefficient (Wildman–Crippen LogP) is 4.28. The van der Waals surface area contributed by atoms with Crippen LogP contribution >= 0.6 is 0 Å². The third kappa shape index (κ3) is 2.39. The van der Waals surface area contributed by atoms with Gasteiger partial charge >= 0.3 is 0 Å².